The maximum Gasteiger partial charge on any atom is 0.188 e. The van der Waals surface area contributed by atoms with Gasteiger partial charge in [0.25, 0.3) is 0 Å². The van der Waals surface area contributed by atoms with Crippen LogP contribution in [0.4, 0.5) is 0 Å². The van der Waals surface area contributed by atoms with Crippen molar-refractivity contribution in [1.82, 2.24) is 10.2 Å². The molecule has 1 fully saturated rings. The standard InChI is InChI=1S/C18H28N4O/c1-14(2)12-20-18(19)21-13-17(22-10-4-5-11-22)15-6-8-16(23-3)9-7-15/h6-9,17H,1,4-5,10-13H2,2-3H3,(H3,19,20,21). The third-order valence-electron chi connectivity index (χ3n) is 4.09. The molecule has 2 rings (SSSR count). The Labute approximate surface area is 139 Å². The molecule has 23 heavy (non-hydrogen) atoms. The van der Waals surface area contributed by atoms with Crippen molar-refractivity contribution >= 4 is 5.96 Å². The van der Waals surface area contributed by atoms with Gasteiger partial charge in [-0.3, -0.25) is 9.89 Å². The fourth-order valence-corrected chi connectivity index (χ4v) is 2.79. The molecule has 1 aromatic carbocycles. The molecule has 0 bridgehead atoms. The van der Waals surface area contributed by atoms with Crippen LogP contribution in [0.25, 0.3) is 0 Å². The number of nitrogens with zero attached hydrogens (tertiary/aromatic N) is 2. The van der Waals surface area contributed by atoms with E-state index < -0.39 is 0 Å². The van der Waals surface area contributed by atoms with E-state index in [2.05, 4.69) is 33.9 Å². The van der Waals surface area contributed by atoms with Crippen molar-refractivity contribution < 1.29 is 4.74 Å². The van der Waals surface area contributed by atoms with Crippen molar-refractivity contribution in [2.45, 2.75) is 25.8 Å². The number of aliphatic imine (C=N–C) groups is 1. The highest BCUT2D eigenvalue weighted by Crippen LogP contribution is 2.26. The fourth-order valence-electron chi connectivity index (χ4n) is 2.79. The van der Waals surface area contributed by atoms with Crippen molar-refractivity contribution in [3.05, 3.63) is 42.0 Å². The molecule has 5 heteroatoms. The van der Waals surface area contributed by atoms with Crippen molar-refractivity contribution in [2.24, 2.45) is 10.7 Å². The van der Waals surface area contributed by atoms with Crippen LogP contribution in [0, 0.1) is 0 Å². The molecule has 1 atom stereocenters. The smallest absolute Gasteiger partial charge is 0.188 e. The largest absolute Gasteiger partial charge is 0.497 e. The molecule has 3 N–H and O–H groups in total. The normalized spacial score (nSPS) is 17.0. The summed E-state index contributed by atoms with van der Waals surface area (Å²) in [5.41, 5.74) is 8.24. The Morgan fingerprint density at radius 3 is 2.57 bits per heavy atom. The van der Waals surface area contributed by atoms with E-state index in [0.717, 1.165) is 24.4 Å². The van der Waals surface area contributed by atoms with Gasteiger partial charge in [-0.2, -0.15) is 0 Å². The van der Waals surface area contributed by atoms with Gasteiger partial charge in [0.15, 0.2) is 5.96 Å². The summed E-state index contributed by atoms with van der Waals surface area (Å²) in [5.74, 6) is 1.35. The van der Waals surface area contributed by atoms with Crippen LogP contribution in [0.2, 0.25) is 0 Å². The van der Waals surface area contributed by atoms with Crippen molar-refractivity contribution in [2.75, 3.05) is 33.3 Å². The molecule has 1 aliphatic heterocycles. The molecule has 1 aromatic rings. The number of guanidine groups is 1. The lowest BCUT2D eigenvalue weighted by molar-refractivity contribution is 0.251. The molecular weight excluding hydrogens is 288 g/mol. The van der Waals surface area contributed by atoms with E-state index in [0.29, 0.717) is 19.0 Å². The average molecular weight is 316 g/mol. The summed E-state index contributed by atoms with van der Waals surface area (Å²) in [5, 5.41) is 3.09. The van der Waals surface area contributed by atoms with Gasteiger partial charge < -0.3 is 15.8 Å². The minimum atomic E-state index is 0.258. The number of hydrogen-bond acceptors (Lipinski definition) is 3. The predicted molar refractivity (Wildman–Crippen MR) is 95.8 cm³/mol. The molecule has 1 aliphatic rings. The van der Waals surface area contributed by atoms with Crippen LogP contribution in [-0.2, 0) is 0 Å². The van der Waals surface area contributed by atoms with Crippen molar-refractivity contribution in [3.8, 4) is 5.75 Å². The molecule has 126 valence electrons. The molecule has 0 saturated carbocycles. The second-order valence-electron chi connectivity index (χ2n) is 6.07. The third kappa shape index (κ3) is 5.28. The van der Waals surface area contributed by atoms with Gasteiger partial charge in [0.2, 0.25) is 0 Å². The van der Waals surface area contributed by atoms with Gasteiger partial charge in [0, 0.05) is 6.54 Å². The monoisotopic (exact) mass is 316 g/mol. The van der Waals surface area contributed by atoms with E-state index in [4.69, 9.17) is 10.5 Å². The minimum Gasteiger partial charge on any atom is -0.497 e. The lowest BCUT2D eigenvalue weighted by Gasteiger charge is -2.27. The average Bonchev–Trinajstić information content (AvgIpc) is 3.08. The number of rotatable bonds is 7. The zero-order valence-corrected chi connectivity index (χ0v) is 14.2. The number of methoxy groups -OCH3 is 1. The lowest BCUT2D eigenvalue weighted by Crippen LogP contribution is -2.34. The number of hydrogen-bond donors (Lipinski definition) is 2. The quantitative estimate of drug-likeness (QED) is 0.460. The molecule has 0 aliphatic carbocycles. The van der Waals surface area contributed by atoms with Gasteiger partial charge in [-0.1, -0.05) is 24.3 Å². The van der Waals surface area contributed by atoms with Crippen molar-refractivity contribution in [3.63, 3.8) is 0 Å². The molecule has 0 radical (unpaired) electrons. The summed E-state index contributed by atoms with van der Waals surface area (Å²) in [6.45, 7) is 9.36. The van der Waals surface area contributed by atoms with Crippen LogP contribution in [0.15, 0.2) is 41.4 Å². The molecule has 0 aromatic heterocycles. The first-order valence-corrected chi connectivity index (χ1v) is 8.16. The molecule has 5 nitrogen and oxygen atoms in total. The summed E-state index contributed by atoms with van der Waals surface area (Å²) in [6.07, 6.45) is 2.50. The topological polar surface area (TPSA) is 62.9 Å². The SMILES string of the molecule is C=C(C)CNC(N)=NCC(c1ccc(OC)cc1)N1CCCC1. The Hall–Kier alpha value is -2.01. The highest BCUT2D eigenvalue weighted by Gasteiger charge is 2.23. The minimum absolute atomic E-state index is 0.258. The maximum atomic E-state index is 5.95. The Morgan fingerprint density at radius 1 is 1.35 bits per heavy atom. The number of benzene rings is 1. The van der Waals surface area contributed by atoms with Gasteiger partial charge in [-0.05, 0) is 50.6 Å². The van der Waals surface area contributed by atoms with E-state index in [-0.39, 0.29) is 6.04 Å². The number of nitrogens with one attached hydrogen (secondary N) is 1. The maximum absolute atomic E-state index is 5.95. The summed E-state index contributed by atoms with van der Waals surface area (Å²) in [7, 11) is 1.69. The highest BCUT2D eigenvalue weighted by molar-refractivity contribution is 5.78. The second-order valence-corrected chi connectivity index (χ2v) is 6.07. The van der Waals surface area contributed by atoms with Gasteiger partial charge >= 0.3 is 0 Å². The van der Waals surface area contributed by atoms with E-state index in [9.17, 15) is 0 Å². The van der Waals surface area contributed by atoms with Crippen LogP contribution in [0.3, 0.4) is 0 Å². The van der Waals surface area contributed by atoms with E-state index in [1.54, 1.807) is 7.11 Å². The first-order valence-electron chi connectivity index (χ1n) is 8.16. The van der Waals surface area contributed by atoms with Crippen LogP contribution < -0.4 is 15.8 Å². The zero-order valence-electron chi connectivity index (χ0n) is 14.2. The Kier molecular flexibility index (Phi) is 6.47. The van der Waals surface area contributed by atoms with Gasteiger partial charge in [0.05, 0.1) is 19.7 Å². The Bertz CT molecular complexity index is 532. The lowest BCUT2D eigenvalue weighted by atomic mass is 10.1. The second kappa shape index (κ2) is 8.58. The number of likely N-dealkylation sites (tertiary alicyclic amines) is 1. The molecule has 1 heterocycles. The Balaban J connectivity index is 2.07. The number of ether oxygens (including phenoxy) is 1. The van der Waals surface area contributed by atoms with Crippen LogP contribution in [0.5, 0.6) is 5.75 Å². The Morgan fingerprint density at radius 2 is 2.00 bits per heavy atom. The highest BCUT2D eigenvalue weighted by atomic mass is 16.5. The van der Waals surface area contributed by atoms with E-state index >= 15 is 0 Å². The first kappa shape index (κ1) is 17.3. The summed E-state index contributed by atoms with van der Waals surface area (Å²) in [4.78, 5) is 7.01. The molecule has 0 amide bonds. The first-order chi connectivity index (χ1) is 11.1. The molecule has 1 unspecified atom stereocenters. The van der Waals surface area contributed by atoms with Gasteiger partial charge in [-0.25, -0.2) is 0 Å². The van der Waals surface area contributed by atoms with Crippen LogP contribution >= 0.6 is 0 Å². The predicted octanol–water partition coefficient (Wildman–Crippen LogP) is 2.31. The number of nitrogens with two attached hydrogens (primary N) is 1. The third-order valence-corrected chi connectivity index (χ3v) is 4.09. The van der Waals surface area contributed by atoms with E-state index in [1.165, 1.54) is 18.4 Å². The van der Waals surface area contributed by atoms with Gasteiger partial charge in [-0.15, -0.1) is 0 Å². The van der Waals surface area contributed by atoms with E-state index in [1.807, 2.05) is 19.1 Å². The molecule has 0 spiro atoms. The van der Waals surface area contributed by atoms with Crippen LogP contribution in [0.1, 0.15) is 31.4 Å². The summed E-state index contributed by atoms with van der Waals surface area (Å²) < 4.78 is 5.25. The fraction of sp³-hybridized carbons (Fsp3) is 0.500. The zero-order chi connectivity index (χ0) is 16.7. The van der Waals surface area contributed by atoms with Gasteiger partial charge in [0.1, 0.15) is 5.75 Å². The summed E-state index contributed by atoms with van der Waals surface area (Å²) in [6, 6.07) is 8.51. The summed E-state index contributed by atoms with van der Waals surface area (Å²) >= 11 is 0. The van der Waals surface area contributed by atoms with Crippen molar-refractivity contribution in [1.29, 1.82) is 0 Å². The molecular formula is C18H28N4O. The van der Waals surface area contributed by atoms with Crippen LogP contribution in [-0.4, -0.2) is 44.1 Å². The molecule has 1 saturated heterocycles.